The molecule has 0 saturated carbocycles. The molecular formula is C17H25NO3. The van der Waals surface area contributed by atoms with Crippen LogP contribution in [0.4, 0.5) is 4.79 Å². The van der Waals surface area contributed by atoms with Crippen LogP contribution < -0.4 is 4.74 Å². The van der Waals surface area contributed by atoms with Crippen molar-refractivity contribution in [3.63, 3.8) is 0 Å². The number of piperidine rings is 1. The first kappa shape index (κ1) is 15.7. The van der Waals surface area contributed by atoms with Crippen LogP contribution in [-0.4, -0.2) is 36.8 Å². The Morgan fingerprint density at radius 2 is 2.10 bits per heavy atom. The monoisotopic (exact) mass is 291 g/mol. The number of rotatable bonds is 2. The normalized spacial score (nSPS) is 19.2. The summed E-state index contributed by atoms with van der Waals surface area (Å²) in [5.74, 6) is 1.21. The predicted molar refractivity (Wildman–Crippen MR) is 82.8 cm³/mol. The predicted octanol–water partition coefficient (Wildman–Crippen LogP) is 3.81. The van der Waals surface area contributed by atoms with Crippen molar-refractivity contribution in [2.75, 3.05) is 20.2 Å². The lowest BCUT2D eigenvalue weighted by molar-refractivity contribution is 0.0198. The topological polar surface area (TPSA) is 38.8 Å². The molecule has 1 fully saturated rings. The van der Waals surface area contributed by atoms with Gasteiger partial charge in [0.15, 0.2) is 0 Å². The van der Waals surface area contributed by atoms with Crippen LogP contribution in [0.25, 0.3) is 0 Å². The van der Waals surface area contributed by atoms with E-state index >= 15 is 0 Å². The summed E-state index contributed by atoms with van der Waals surface area (Å²) in [6.07, 6.45) is 1.88. The van der Waals surface area contributed by atoms with Crippen LogP contribution in [0.15, 0.2) is 24.3 Å². The number of likely N-dealkylation sites (tertiary alicyclic amines) is 1. The number of carbonyl (C=O) groups excluding carboxylic acids is 1. The van der Waals surface area contributed by atoms with Crippen molar-refractivity contribution in [2.24, 2.45) is 0 Å². The number of nitrogens with zero attached hydrogens (tertiary/aromatic N) is 1. The molecule has 4 nitrogen and oxygen atoms in total. The van der Waals surface area contributed by atoms with Gasteiger partial charge in [-0.15, -0.1) is 0 Å². The quantitative estimate of drug-likeness (QED) is 0.831. The number of ether oxygens (including phenoxy) is 2. The molecule has 0 spiro atoms. The van der Waals surface area contributed by atoms with Crippen molar-refractivity contribution in [3.8, 4) is 5.75 Å². The fraction of sp³-hybridized carbons (Fsp3) is 0.588. The van der Waals surface area contributed by atoms with Gasteiger partial charge >= 0.3 is 6.09 Å². The molecule has 21 heavy (non-hydrogen) atoms. The van der Waals surface area contributed by atoms with Gasteiger partial charge in [0.1, 0.15) is 11.4 Å². The lowest BCUT2D eigenvalue weighted by Crippen LogP contribution is -2.42. The van der Waals surface area contributed by atoms with Gasteiger partial charge in [0.05, 0.1) is 7.11 Å². The Labute approximate surface area is 127 Å². The molecule has 1 aliphatic rings. The smallest absolute Gasteiger partial charge is 0.410 e. The Balaban J connectivity index is 2.04. The number of carbonyl (C=O) groups is 1. The van der Waals surface area contributed by atoms with E-state index in [1.807, 2.05) is 37.8 Å². The summed E-state index contributed by atoms with van der Waals surface area (Å²) in [5, 5.41) is 0. The van der Waals surface area contributed by atoms with Crippen molar-refractivity contribution in [2.45, 2.75) is 45.1 Å². The highest BCUT2D eigenvalue weighted by Gasteiger charge is 2.28. The van der Waals surface area contributed by atoms with E-state index in [1.54, 1.807) is 7.11 Å². The Hall–Kier alpha value is -1.71. The average molecular weight is 291 g/mol. The largest absolute Gasteiger partial charge is 0.497 e. The highest BCUT2D eigenvalue weighted by atomic mass is 16.6. The van der Waals surface area contributed by atoms with Gasteiger partial charge in [0, 0.05) is 19.0 Å². The second kappa shape index (κ2) is 6.37. The Kier molecular flexibility index (Phi) is 4.76. The highest BCUT2D eigenvalue weighted by Crippen LogP contribution is 2.29. The van der Waals surface area contributed by atoms with Crippen LogP contribution in [0.3, 0.4) is 0 Å². The maximum absolute atomic E-state index is 12.2. The summed E-state index contributed by atoms with van der Waals surface area (Å²) < 4.78 is 10.7. The summed E-state index contributed by atoms with van der Waals surface area (Å²) in [4.78, 5) is 14.0. The van der Waals surface area contributed by atoms with Crippen LogP contribution in [0.1, 0.15) is 45.1 Å². The number of benzene rings is 1. The van der Waals surface area contributed by atoms with Gasteiger partial charge in [0.25, 0.3) is 0 Å². The second-order valence-corrected chi connectivity index (χ2v) is 6.54. The van der Waals surface area contributed by atoms with Crippen LogP contribution >= 0.6 is 0 Å². The van der Waals surface area contributed by atoms with E-state index in [0.29, 0.717) is 12.5 Å². The van der Waals surface area contributed by atoms with E-state index in [4.69, 9.17) is 9.47 Å². The van der Waals surface area contributed by atoms with E-state index in [2.05, 4.69) is 12.1 Å². The van der Waals surface area contributed by atoms with E-state index in [-0.39, 0.29) is 6.09 Å². The zero-order valence-electron chi connectivity index (χ0n) is 13.4. The minimum atomic E-state index is -0.444. The summed E-state index contributed by atoms with van der Waals surface area (Å²) in [6, 6.07) is 8.10. The molecule has 0 bridgehead atoms. The molecule has 1 saturated heterocycles. The molecule has 0 aromatic heterocycles. The summed E-state index contributed by atoms with van der Waals surface area (Å²) in [7, 11) is 1.67. The van der Waals surface area contributed by atoms with Gasteiger partial charge in [-0.1, -0.05) is 12.1 Å². The average Bonchev–Trinajstić information content (AvgIpc) is 2.46. The zero-order valence-corrected chi connectivity index (χ0v) is 13.4. The molecule has 0 radical (unpaired) electrons. The molecule has 1 aliphatic heterocycles. The number of amides is 1. The van der Waals surface area contributed by atoms with Crippen molar-refractivity contribution in [1.29, 1.82) is 0 Å². The van der Waals surface area contributed by atoms with E-state index < -0.39 is 5.60 Å². The standard InChI is InChI=1S/C17H25NO3/c1-17(2,3)21-16(19)18-10-6-8-14(12-18)13-7-5-9-15(11-13)20-4/h5,7,9,11,14H,6,8,10,12H2,1-4H3. The van der Waals surface area contributed by atoms with E-state index in [9.17, 15) is 4.79 Å². The fourth-order valence-corrected chi connectivity index (χ4v) is 2.64. The second-order valence-electron chi connectivity index (χ2n) is 6.54. The molecule has 116 valence electrons. The molecular weight excluding hydrogens is 266 g/mol. The van der Waals surface area contributed by atoms with Crippen molar-refractivity contribution >= 4 is 6.09 Å². The first-order chi connectivity index (χ1) is 9.89. The molecule has 1 atom stereocenters. The molecule has 1 amide bonds. The maximum atomic E-state index is 12.2. The van der Waals surface area contributed by atoms with Gasteiger partial charge in [0.2, 0.25) is 0 Å². The molecule has 1 unspecified atom stereocenters. The van der Waals surface area contributed by atoms with Crippen LogP contribution in [-0.2, 0) is 4.74 Å². The maximum Gasteiger partial charge on any atom is 0.410 e. The SMILES string of the molecule is COc1cccc(C2CCCN(C(=O)OC(C)(C)C)C2)c1. The highest BCUT2D eigenvalue weighted by molar-refractivity contribution is 5.68. The molecule has 1 aromatic carbocycles. The third-order valence-electron chi connectivity index (χ3n) is 3.64. The Bertz CT molecular complexity index is 493. The fourth-order valence-electron chi connectivity index (χ4n) is 2.64. The number of hydrogen-bond donors (Lipinski definition) is 0. The van der Waals surface area contributed by atoms with Gasteiger partial charge in [-0.25, -0.2) is 4.79 Å². The van der Waals surface area contributed by atoms with Gasteiger partial charge in [-0.2, -0.15) is 0 Å². The third kappa shape index (κ3) is 4.38. The van der Waals surface area contributed by atoms with Gasteiger partial charge < -0.3 is 14.4 Å². The number of hydrogen-bond acceptors (Lipinski definition) is 3. The zero-order chi connectivity index (χ0) is 15.5. The lowest BCUT2D eigenvalue weighted by Gasteiger charge is -2.34. The van der Waals surface area contributed by atoms with Crippen LogP contribution in [0.2, 0.25) is 0 Å². The van der Waals surface area contributed by atoms with E-state index in [1.165, 1.54) is 5.56 Å². The van der Waals surface area contributed by atoms with Crippen molar-refractivity contribution in [1.82, 2.24) is 4.90 Å². The molecule has 0 aliphatic carbocycles. The summed E-state index contributed by atoms with van der Waals surface area (Å²) >= 11 is 0. The third-order valence-corrected chi connectivity index (χ3v) is 3.64. The summed E-state index contributed by atoms with van der Waals surface area (Å²) in [5.41, 5.74) is 0.780. The van der Waals surface area contributed by atoms with Crippen LogP contribution in [0.5, 0.6) is 5.75 Å². The Morgan fingerprint density at radius 3 is 2.76 bits per heavy atom. The molecule has 1 heterocycles. The molecule has 4 heteroatoms. The first-order valence-corrected chi connectivity index (χ1v) is 7.51. The van der Waals surface area contributed by atoms with Gasteiger partial charge in [-0.05, 0) is 51.3 Å². The van der Waals surface area contributed by atoms with Crippen molar-refractivity contribution in [3.05, 3.63) is 29.8 Å². The van der Waals surface area contributed by atoms with Crippen molar-refractivity contribution < 1.29 is 14.3 Å². The minimum Gasteiger partial charge on any atom is -0.497 e. The lowest BCUT2D eigenvalue weighted by atomic mass is 9.91. The van der Waals surface area contributed by atoms with Gasteiger partial charge in [-0.3, -0.25) is 0 Å². The minimum absolute atomic E-state index is 0.213. The Morgan fingerprint density at radius 1 is 1.33 bits per heavy atom. The number of methoxy groups -OCH3 is 1. The summed E-state index contributed by atoms with van der Waals surface area (Å²) in [6.45, 7) is 7.18. The molecule has 0 N–H and O–H groups in total. The first-order valence-electron chi connectivity index (χ1n) is 7.51. The van der Waals surface area contributed by atoms with Crippen LogP contribution in [0, 0.1) is 0 Å². The van der Waals surface area contributed by atoms with E-state index in [0.717, 1.165) is 25.1 Å². The molecule has 1 aromatic rings. The molecule has 2 rings (SSSR count).